The van der Waals surface area contributed by atoms with E-state index in [1.54, 1.807) is 48.5 Å². The molecule has 0 amide bonds. The zero-order valence-electron chi connectivity index (χ0n) is 17.9. The number of piperidine rings is 1. The summed E-state index contributed by atoms with van der Waals surface area (Å²) in [5, 5.41) is 0. The minimum absolute atomic E-state index is 0.212. The number of esters is 2. The fourth-order valence-corrected chi connectivity index (χ4v) is 5.11. The third kappa shape index (κ3) is 5.14. The van der Waals surface area contributed by atoms with Crippen molar-refractivity contribution in [2.75, 3.05) is 20.2 Å². The van der Waals surface area contributed by atoms with Crippen LogP contribution in [0.5, 0.6) is 0 Å². The van der Waals surface area contributed by atoms with E-state index in [0.29, 0.717) is 18.4 Å². The van der Waals surface area contributed by atoms with E-state index < -0.39 is 34.0 Å². The Bertz CT molecular complexity index is 1040. The number of methoxy groups -OCH3 is 1. The summed E-state index contributed by atoms with van der Waals surface area (Å²) in [7, 11) is -2.39. The first-order chi connectivity index (χ1) is 14.7. The highest BCUT2D eigenvalue weighted by Crippen LogP contribution is 2.28. The van der Waals surface area contributed by atoms with Crippen LogP contribution in [0, 0.1) is 19.8 Å². The van der Waals surface area contributed by atoms with E-state index >= 15 is 0 Å². The van der Waals surface area contributed by atoms with E-state index in [1.807, 2.05) is 13.8 Å². The van der Waals surface area contributed by atoms with Gasteiger partial charge in [0.05, 0.1) is 17.9 Å². The Kier molecular flexibility index (Phi) is 7.12. The van der Waals surface area contributed by atoms with Crippen molar-refractivity contribution in [3.8, 4) is 0 Å². The lowest BCUT2D eigenvalue weighted by atomic mass is 9.98. The number of nitrogens with zero attached hydrogens (tertiary/aromatic N) is 1. The Balaban J connectivity index is 1.66. The Morgan fingerprint density at radius 3 is 2.23 bits per heavy atom. The van der Waals surface area contributed by atoms with E-state index in [1.165, 1.54) is 11.4 Å². The van der Waals surface area contributed by atoms with Gasteiger partial charge in [-0.2, -0.15) is 4.31 Å². The van der Waals surface area contributed by atoms with Crippen molar-refractivity contribution in [3.63, 3.8) is 0 Å². The molecule has 166 valence electrons. The molecule has 2 aromatic rings. The van der Waals surface area contributed by atoms with Crippen LogP contribution in [0.2, 0.25) is 0 Å². The predicted octanol–water partition coefficient (Wildman–Crippen LogP) is 3.16. The monoisotopic (exact) mass is 445 g/mol. The van der Waals surface area contributed by atoms with Gasteiger partial charge in [0.15, 0.2) is 0 Å². The van der Waals surface area contributed by atoms with Gasteiger partial charge in [-0.15, -0.1) is 0 Å². The van der Waals surface area contributed by atoms with Gasteiger partial charge in [0.25, 0.3) is 0 Å². The van der Waals surface area contributed by atoms with Gasteiger partial charge in [0, 0.05) is 18.7 Å². The quantitative estimate of drug-likeness (QED) is 0.635. The summed E-state index contributed by atoms with van der Waals surface area (Å²) in [6.07, 6.45) is -0.493. The molecule has 1 heterocycles. The predicted molar refractivity (Wildman–Crippen MR) is 115 cm³/mol. The van der Waals surface area contributed by atoms with Crippen molar-refractivity contribution in [3.05, 3.63) is 65.2 Å². The van der Waals surface area contributed by atoms with Gasteiger partial charge >= 0.3 is 11.9 Å². The number of carbonyl (C=O) groups is 2. The van der Waals surface area contributed by atoms with Crippen molar-refractivity contribution in [2.45, 2.75) is 37.7 Å². The topological polar surface area (TPSA) is 90.0 Å². The summed E-state index contributed by atoms with van der Waals surface area (Å²) in [5.41, 5.74) is 2.46. The Labute approximate surface area is 183 Å². The molecule has 1 saturated heterocycles. The highest BCUT2D eigenvalue weighted by atomic mass is 32.2. The fraction of sp³-hybridized carbons (Fsp3) is 0.391. The van der Waals surface area contributed by atoms with E-state index in [-0.39, 0.29) is 18.0 Å². The molecule has 3 rings (SSSR count). The average molecular weight is 446 g/mol. The van der Waals surface area contributed by atoms with Crippen LogP contribution in [0.1, 0.15) is 35.6 Å². The first-order valence-electron chi connectivity index (χ1n) is 10.1. The minimum atomic E-state index is -3.63. The van der Waals surface area contributed by atoms with Crippen molar-refractivity contribution in [1.29, 1.82) is 0 Å². The Morgan fingerprint density at radius 1 is 1.00 bits per heavy atom. The molecule has 1 unspecified atom stereocenters. The Hall–Kier alpha value is -2.71. The number of carbonyl (C=O) groups excluding carboxylic acids is 2. The van der Waals surface area contributed by atoms with Crippen LogP contribution < -0.4 is 0 Å². The molecule has 0 saturated carbocycles. The lowest BCUT2D eigenvalue weighted by Gasteiger charge is -2.31. The molecule has 7 nitrogen and oxygen atoms in total. The van der Waals surface area contributed by atoms with Crippen LogP contribution in [0.25, 0.3) is 0 Å². The van der Waals surface area contributed by atoms with Gasteiger partial charge in [0.2, 0.25) is 16.1 Å². The molecule has 1 aliphatic heterocycles. The van der Waals surface area contributed by atoms with Crippen LogP contribution in [-0.2, 0) is 29.1 Å². The number of aryl methyl sites for hydroxylation is 2. The largest absolute Gasteiger partial charge is 0.466 e. The standard InChI is InChI=1S/C23H27NO6S/c1-16-9-10-20(15-17(16)2)31(27,28)24-13-11-19(12-14-24)22(25)30-21(23(26)29-3)18-7-5-4-6-8-18/h4-10,15,19,21H,11-14H2,1-3H3. The third-order valence-electron chi connectivity index (χ3n) is 5.65. The second kappa shape index (κ2) is 9.62. The number of rotatable bonds is 6. The zero-order valence-corrected chi connectivity index (χ0v) is 18.7. The second-order valence-corrected chi connectivity index (χ2v) is 9.61. The molecular weight excluding hydrogens is 418 g/mol. The van der Waals surface area contributed by atoms with Crippen LogP contribution >= 0.6 is 0 Å². The number of hydrogen-bond donors (Lipinski definition) is 0. The van der Waals surface area contributed by atoms with E-state index in [2.05, 4.69) is 0 Å². The summed E-state index contributed by atoms with van der Waals surface area (Å²) >= 11 is 0. The number of benzene rings is 2. The molecule has 1 aliphatic rings. The maximum Gasteiger partial charge on any atom is 0.351 e. The highest BCUT2D eigenvalue weighted by Gasteiger charge is 2.35. The summed E-state index contributed by atoms with van der Waals surface area (Å²) in [5.74, 6) is -1.67. The number of hydrogen-bond acceptors (Lipinski definition) is 6. The van der Waals surface area contributed by atoms with E-state index in [9.17, 15) is 18.0 Å². The molecule has 0 radical (unpaired) electrons. The van der Waals surface area contributed by atoms with Crippen LogP contribution in [0.3, 0.4) is 0 Å². The van der Waals surface area contributed by atoms with Gasteiger partial charge in [0.1, 0.15) is 0 Å². The van der Waals surface area contributed by atoms with Gasteiger partial charge in [-0.05, 0) is 49.9 Å². The van der Waals surface area contributed by atoms with Crippen LogP contribution in [0.15, 0.2) is 53.4 Å². The van der Waals surface area contributed by atoms with Crippen molar-refractivity contribution >= 4 is 22.0 Å². The lowest BCUT2D eigenvalue weighted by molar-refractivity contribution is -0.170. The SMILES string of the molecule is COC(=O)C(OC(=O)C1CCN(S(=O)(=O)c2ccc(C)c(C)c2)CC1)c1ccccc1. The second-order valence-electron chi connectivity index (χ2n) is 7.68. The molecule has 0 spiro atoms. The summed E-state index contributed by atoms with van der Waals surface area (Å²) in [6, 6.07) is 13.7. The van der Waals surface area contributed by atoms with Gasteiger partial charge in [-0.25, -0.2) is 13.2 Å². The molecule has 31 heavy (non-hydrogen) atoms. The molecule has 1 atom stereocenters. The van der Waals surface area contributed by atoms with E-state index in [0.717, 1.165) is 11.1 Å². The zero-order chi connectivity index (χ0) is 22.6. The molecule has 1 fully saturated rings. The molecule has 0 aliphatic carbocycles. The smallest absolute Gasteiger partial charge is 0.351 e. The van der Waals surface area contributed by atoms with Crippen LogP contribution in [-0.4, -0.2) is 44.9 Å². The fourth-order valence-electron chi connectivity index (χ4n) is 3.55. The van der Waals surface area contributed by atoms with Gasteiger partial charge < -0.3 is 9.47 Å². The highest BCUT2D eigenvalue weighted by molar-refractivity contribution is 7.89. The van der Waals surface area contributed by atoms with E-state index in [4.69, 9.17) is 9.47 Å². The molecule has 2 aromatic carbocycles. The summed E-state index contributed by atoms with van der Waals surface area (Å²) in [6.45, 7) is 4.23. The van der Waals surface area contributed by atoms with Crippen molar-refractivity contribution in [2.24, 2.45) is 5.92 Å². The summed E-state index contributed by atoms with van der Waals surface area (Å²) in [4.78, 5) is 25.1. The van der Waals surface area contributed by atoms with Gasteiger partial charge in [-0.1, -0.05) is 36.4 Å². The first-order valence-corrected chi connectivity index (χ1v) is 11.6. The maximum atomic E-state index is 13.0. The maximum absolute atomic E-state index is 13.0. The van der Waals surface area contributed by atoms with Crippen molar-refractivity contribution in [1.82, 2.24) is 4.31 Å². The molecular formula is C23H27NO6S. The molecule has 0 bridgehead atoms. The average Bonchev–Trinajstić information content (AvgIpc) is 2.79. The van der Waals surface area contributed by atoms with Gasteiger partial charge in [-0.3, -0.25) is 4.79 Å². The minimum Gasteiger partial charge on any atom is -0.466 e. The molecule has 0 N–H and O–H groups in total. The van der Waals surface area contributed by atoms with Crippen LogP contribution in [0.4, 0.5) is 0 Å². The number of sulfonamides is 1. The number of ether oxygens (including phenoxy) is 2. The normalized spacial score (nSPS) is 16.5. The molecule has 0 aromatic heterocycles. The lowest BCUT2D eigenvalue weighted by Crippen LogP contribution is -2.41. The van der Waals surface area contributed by atoms with Crippen molar-refractivity contribution < 1.29 is 27.5 Å². The molecule has 8 heteroatoms. The third-order valence-corrected chi connectivity index (χ3v) is 7.55. The Morgan fingerprint density at radius 2 is 1.65 bits per heavy atom. The summed E-state index contributed by atoms with van der Waals surface area (Å²) < 4.78 is 37.6. The first kappa shape index (κ1) is 23.0.